The number of nitro benzene ring substituents is 1. The summed E-state index contributed by atoms with van der Waals surface area (Å²) in [6, 6.07) is 10.9. The first-order valence-electron chi connectivity index (χ1n) is 10.3. The molecule has 0 aliphatic heterocycles. The van der Waals surface area contributed by atoms with Crippen LogP contribution in [0.4, 0.5) is 18.9 Å². The average molecular weight is 519 g/mol. The highest BCUT2D eigenvalue weighted by molar-refractivity contribution is 5.96. The fourth-order valence-corrected chi connectivity index (χ4v) is 3.16. The number of para-hydroxylation sites is 1. The molecule has 0 bridgehead atoms. The largest absolute Gasteiger partial charge is 0.493 e. The highest BCUT2D eigenvalue weighted by Gasteiger charge is 2.33. The van der Waals surface area contributed by atoms with Gasteiger partial charge in [0.15, 0.2) is 11.5 Å². The van der Waals surface area contributed by atoms with Gasteiger partial charge in [0.05, 0.1) is 38.0 Å². The molecule has 37 heavy (non-hydrogen) atoms. The molecular weight excluding hydrogens is 499 g/mol. The summed E-state index contributed by atoms with van der Waals surface area (Å²) in [7, 11) is 4.22. The maximum absolute atomic E-state index is 13.0. The summed E-state index contributed by atoms with van der Waals surface area (Å²) < 4.78 is 60.1. The van der Waals surface area contributed by atoms with Crippen molar-refractivity contribution in [2.45, 2.75) is 6.18 Å². The number of benzene rings is 3. The van der Waals surface area contributed by atoms with Crippen LogP contribution in [0.5, 0.6) is 28.7 Å². The van der Waals surface area contributed by atoms with Gasteiger partial charge in [-0.3, -0.25) is 14.9 Å². The Labute approximate surface area is 208 Å². The lowest BCUT2D eigenvalue weighted by molar-refractivity contribution is -0.385. The molecule has 13 heteroatoms. The minimum Gasteiger partial charge on any atom is -0.493 e. The predicted octanol–water partition coefficient (Wildman–Crippen LogP) is 5.20. The van der Waals surface area contributed by atoms with Gasteiger partial charge in [0, 0.05) is 17.2 Å². The summed E-state index contributed by atoms with van der Waals surface area (Å²) in [5, 5.41) is 15.2. The number of hydrogen-bond acceptors (Lipinski definition) is 8. The van der Waals surface area contributed by atoms with Crippen molar-refractivity contribution in [3.8, 4) is 28.7 Å². The van der Waals surface area contributed by atoms with Gasteiger partial charge in [-0.2, -0.15) is 18.3 Å². The molecule has 1 amide bonds. The Morgan fingerprint density at radius 2 is 1.59 bits per heavy atom. The van der Waals surface area contributed by atoms with Crippen LogP contribution < -0.4 is 24.4 Å². The molecule has 0 aliphatic rings. The fourth-order valence-electron chi connectivity index (χ4n) is 3.16. The van der Waals surface area contributed by atoms with E-state index in [1.54, 1.807) is 12.1 Å². The lowest BCUT2D eigenvalue weighted by Crippen LogP contribution is -2.18. The highest BCUT2D eigenvalue weighted by Crippen LogP contribution is 2.39. The maximum atomic E-state index is 13.0. The van der Waals surface area contributed by atoms with Crippen LogP contribution in [0, 0.1) is 10.1 Å². The number of halogens is 3. The molecule has 0 heterocycles. The second-order valence-corrected chi connectivity index (χ2v) is 7.19. The Kier molecular flexibility index (Phi) is 8.17. The van der Waals surface area contributed by atoms with Gasteiger partial charge in [-0.05, 0) is 36.4 Å². The van der Waals surface area contributed by atoms with Crippen LogP contribution in [0.2, 0.25) is 0 Å². The summed E-state index contributed by atoms with van der Waals surface area (Å²) in [5.41, 5.74) is 0.703. The molecule has 0 spiro atoms. The van der Waals surface area contributed by atoms with Gasteiger partial charge < -0.3 is 18.9 Å². The summed E-state index contributed by atoms with van der Waals surface area (Å²) in [6.45, 7) is 0. The van der Waals surface area contributed by atoms with Crippen molar-refractivity contribution in [2.75, 3.05) is 21.3 Å². The molecule has 10 nitrogen and oxygen atoms in total. The van der Waals surface area contributed by atoms with Crippen LogP contribution in [0.15, 0.2) is 59.7 Å². The fraction of sp³-hybridized carbons (Fsp3) is 0.167. The number of nitro groups is 1. The van der Waals surface area contributed by atoms with Crippen LogP contribution in [-0.4, -0.2) is 38.4 Å². The summed E-state index contributed by atoms with van der Waals surface area (Å²) in [5.74, 6) is -0.155. The number of ether oxygens (including phenoxy) is 4. The normalized spacial score (nSPS) is 11.2. The first kappa shape index (κ1) is 26.8. The number of alkyl halides is 3. The van der Waals surface area contributed by atoms with E-state index in [9.17, 15) is 28.1 Å². The average Bonchev–Trinajstić information content (AvgIpc) is 2.88. The van der Waals surface area contributed by atoms with Crippen LogP contribution >= 0.6 is 0 Å². The topological polar surface area (TPSA) is 122 Å². The Balaban J connectivity index is 1.83. The molecule has 3 rings (SSSR count). The minimum atomic E-state index is -4.76. The van der Waals surface area contributed by atoms with Crippen molar-refractivity contribution >= 4 is 17.8 Å². The third kappa shape index (κ3) is 6.25. The molecule has 0 saturated carbocycles. The van der Waals surface area contributed by atoms with E-state index in [4.69, 9.17) is 18.9 Å². The third-order valence-corrected chi connectivity index (χ3v) is 4.92. The predicted molar refractivity (Wildman–Crippen MR) is 126 cm³/mol. The van der Waals surface area contributed by atoms with Crippen LogP contribution in [0.1, 0.15) is 21.5 Å². The zero-order valence-corrected chi connectivity index (χ0v) is 19.7. The molecular formula is C24H20F3N3O7. The van der Waals surface area contributed by atoms with Crippen molar-refractivity contribution in [2.24, 2.45) is 5.10 Å². The number of methoxy groups -OCH3 is 3. The van der Waals surface area contributed by atoms with E-state index in [2.05, 4.69) is 10.5 Å². The van der Waals surface area contributed by atoms with Gasteiger partial charge >= 0.3 is 11.9 Å². The number of carbonyl (C=O) groups is 1. The van der Waals surface area contributed by atoms with E-state index in [1.807, 2.05) is 0 Å². The molecule has 1 N–H and O–H groups in total. The zero-order valence-electron chi connectivity index (χ0n) is 19.7. The maximum Gasteiger partial charge on any atom is 0.416 e. The molecule has 0 aliphatic carbocycles. The Bertz CT molecular complexity index is 1320. The first-order chi connectivity index (χ1) is 17.6. The smallest absolute Gasteiger partial charge is 0.416 e. The van der Waals surface area contributed by atoms with Gasteiger partial charge in [0.25, 0.3) is 5.91 Å². The lowest BCUT2D eigenvalue weighted by Gasteiger charge is -2.13. The molecule has 194 valence electrons. The number of nitrogens with zero attached hydrogens (tertiary/aromatic N) is 2. The van der Waals surface area contributed by atoms with E-state index in [1.165, 1.54) is 51.8 Å². The van der Waals surface area contributed by atoms with Gasteiger partial charge in [-0.1, -0.05) is 12.1 Å². The number of hydrogen-bond donors (Lipinski definition) is 1. The van der Waals surface area contributed by atoms with Crippen molar-refractivity contribution < 1.29 is 41.8 Å². The molecule has 0 saturated heterocycles. The van der Waals surface area contributed by atoms with Crippen molar-refractivity contribution in [3.63, 3.8) is 0 Å². The number of carbonyl (C=O) groups excluding carboxylic acids is 1. The number of rotatable bonds is 9. The van der Waals surface area contributed by atoms with E-state index in [0.717, 1.165) is 6.07 Å². The molecule has 0 unspecified atom stereocenters. The molecule has 3 aromatic rings. The van der Waals surface area contributed by atoms with Gasteiger partial charge in [-0.15, -0.1) is 0 Å². The van der Waals surface area contributed by atoms with Gasteiger partial charge in [0.1, 0.15) is 5.75 Å². The second-order valence-electron chi connectivity index (χ2n) is 7.19. The Morgan fingerprint density at radius 1 is 0.946 bits per heavy atom. The van der Waals surface area contributed by atoms with Gasteiger partial charge in [0.2, 0.25) is 11.5 Å². The van der Waals surface area contributed by atoms with Crippen LogP contribution in [-0.2, 0) is 6.18 Å². The van der Waals surface area contributed by atoms with Crippen molar-refractivity contribution in [1.82, 2.24) is 5.43 Å². The van der Waals surface area contributed by atoms with Gasteiger partial charge in [-0.25, -0.2) is 5.43 Å². The SMILES string of the molecule is COc1cc(C(=O)N/N=C/c2ccccc2Oc2ccc(C(F)(F)F)cc2[N+](=O)[O-])cc(OC)c1OC. The summed E-state index contributed by atoms with van der Waals surface area (Å²) in [4.78, 5) is 23.0. The molecule has 0 aromatic heterocycles. The third-order valence-electron chi connectivity index (χ3n) is 4.92. The quantitative estimate of drug-likeness (QED) is 0.234. The molecule has 3 aromatic carbocycles. The Hall–Kier alpha value is -4.81. The molecule has 0 fully saturated rings. The van der Waals surface area contributed by atoms with E-state index in [-0.39, 0.29) is 28.4 Å². The Morgan fingerprint density at radius 3 is 2.16 bits per heavy atom. The monoisotopic (exact) mass is 519 g/mol. The van der Waals surface area contributed by atoms with E-state index >= 15 is 0 Å². The van der Waals surface area contributed by atoms with Crippen LogP contribution in [0.25, 0.3) is 0 Å². The zero-order chi connectivity index (χ0) is 27.2. The minimum absolute atomic E-state index is 0.0520. The van der Waals surface area contributed by atoms with Crippen molar-refractivity contribution in [3.05, 3.63) is 81.4 Å². The standard InChI is InChI=1S/C24H20F3N3O7/c1-34-20-10-15(11-21(35-2)22(20)36-3)23(31)29-28-13-14-6-4-5-7-18(14)37-19-9-8-16(24(25,26)27)12-17(19)30(32)33/h4-13H,1-3H3,(H,29,31)/b28-13+. The number of hydrazone groups is 1. The summed E-state index contributed by atoms with van der Waals surface area (Å²) >= 11 is 0. The highest BCUT2D eigenvalue weighted by atomic mass is 19.4. The number of nitrogens with one attached hydrogen (secondary N) is 1. The number of amides is 1. The first-order valence-corrected chi connectivity index (χ1v) is 10.3. The second kappa shape index (κ2) is 11.3. The van der Waals surface area contributed by atoms with E-state index in [0.29, 0.717) is 17.9 Å². The van der Waals surface area contributed by atoms with Crippen LogP contribution in [0.3, 0.4) is 0 Å². The van der Waals surface area contributed by atoms with Crippen molar-refractivity contribution in [1.29, 1.82) is 0 Å². The molecule has 0 atom stereocenters. The van der Waals surface area contributed by atoms with E-state index < -0.39 is 34.0 Å². The molecule has 0 radical (unpaired) electrons. The summed E-state index contributed by atoms with van der Waals surface area (Å²) in [6.07, 6.45) is -3.55. The lowest BCUT2D eigenvalue weighted by atomic mass is 10.1.